The maximum atomic E-state index is 12.4. The molecule has 1 aromatic heterocycles. The third kappa shape index (κ3) is 3.17. The van der Waals surface area contributed by atoms with Gasteiger partial charge in [0.15, 0.2) is 5.11 Å². The van der Waals surface area contributed by atoms with Crippen LogP contribution in [0.3, 0.4) is 0 Å². The van der Waals surface area contributed by atoms with Crippen molar-refractivity contribution in [2.75, 3.05) is 13.1 Å². The van der Waals surface area contributed by atoms with Gasteiger partial charge in [0.25, 0.3) is 15.9 Å². The molecule has 1 N–H and O–H groups in total. The lowest BCUT2D eigenvalue weighted by Gasteiger charge is -2.17. The lowest BCUT2D eigenvalue weighted by molar-refractivity contribution is -0.127. The van der Waals surface area contributed by atoms with Crippen LogP contribution in [0.25, 0.3) is 0 Å². The van der Waals surface area contributed by atoms with Gasteiger partial charge in [0.2, 0.25) is 0 Å². The van der Waals surface area contributed by atoms with Gasteiger partial charge in [-0.2, -0.15) is 4.31 Å². The monoisotopic (exact) mass is 361 g/mol. The zero-order chi connectivity index (χ0) is 16.5. The number of thiocarbonyl (C=S) groups is 1. The molecule has 1 aliphatic rings. The van der Waals surface area contributed by atoms with Crippen molar-refractivity contribution in [2.24, 2.45) is 0 Å². The van der Waals surface area contributed by atoms with Gasteiger partial charge in [-0.25, -0.2) is 8.42 Å². The highest BCUT2D eigenvalue weighted by atomic mass is 32.2. The van der Waals surface area contributed by atoms with Crippen molar-refractivity contribution in [3.8, 4) is 0 Å². The largest absolute Gasteiger partial charge is 0.351 e. The topological polar surface area (TPSA) is 69.7 Å². The zero-order valence-corrected chi connectivity index (χ0v) is 15.1. The summed E-state index contributed by atoms with van der Waals surface area (Å²) in [6, 6.07) is 3.00. The first-order valence-corrected chi connectivity index (χ1v) is 9.68. The molecule has 22 heavy (non-hydrogen) atoms. The van der Waals surface area contributed by atoms with Crippen molar-refractivity contribution in [2.45, 2.75) is 37.6 Å². The molecule has 1 amide bonds. The Morgan fingerprint density at radius 3 is 2.50 bits per heavy atom. The van der Waals surface area contributed by atoms with E-state index in [0.717, 1.165) is 4.88 Å². The molecule has 1 saturated heterocycles. The van der Waals surface area contributed by atoms with E-state index in [-0.39, 0.29) is 11.9 Å². The van der Waals surface area contributed by atoms with Gasteiger partial charge in [0.1, 0.15) is 10.3 Å². The standard InChI is InChI=1S/C13H19N3O3S3/c1-4-15(5-2)22(18,19)11-7-6-10(21-11)8-16-12(17)9(3)14-13(16)20/h6-7,9H,4-5,8H2,1-3H3,(H,14,20). The molecule has 1 aliphatic heterocycles. The number of hydrogen-bond acceptors (Lipinski definition) is 5. The lowest BCUT2D eigenvalue weighted by Crippen LogP contribution is -2.30. The second-order valence-electron chi connectivity index (χ2n) is 4.91. The molecule has 0 aliphatic carbocycles. The Morgan fingerprint density at radius 2 is 2.00 bits per heavy atom. The minimum absolute atomic E-state index is 0.0912. The molecule has 0 saturated carbocycles. The normalized spacial score (nSPS) is 19.1. The number of carbonyl (C=O) groups is 1. The Bertz CT molecular complexity index is 680. The summed E-state index contributed by atoms with van der Waals surface area (Å²) in [5.74, 6) is -0.0912. The van der Waals surface area contributed by atoms with E-state index in [2.05, 4.69) is 5.32 Å². The van der Waals surface area contributed by atoms with Gasteiger partial charge in [0, 0.05) is 18.0 Å². The maximum Gasteiger partial charge on any atom is 0.252 e. The van der Waals surface area contributed by atoms with Crippen molar-refractivity contribution in [3.63, 3.8) is 0 Å². The Hall–Kier alpha value is -1.03. The highest BCUT2D eigenvalue weighted by Crippen LogP contribution is 2.26. The van der Waals surface area contributed by atoms with Crippen molar-refractivity contribution < 1.29 is 13.2 Å². The van der Waals surface area contributed by atoms with Gasteiger partial charge in [0.05, 0.1) is 6.54 Å². The number of thiophene rings is 1. The first-order valence-electron chi connectivity index (χ1n) is 7.02. The number of hydrogen-bond donors (Lipinski definition) is 1. The van der Waals surface area contributed by atoms with Crippen LogP contribution in [0.2, 0.25) is 0 Å². The van der Waals surface area contributed by atoms with Crippen molar-refractivity contribution in [1.29, 1.82) is 0 Å². The van der Waals surface area contributed by atoms with E-state index in [0.29, 0.717) is 29.0 Å². The van der Waals surface area contributed by atoms with Crippen molar-refractivity contribution in [1.82, 2.24) is 14.5 Å². The second-order valence-corrected chi connectivity index (χ2v) is 8.63. The first kappa shape index (κ1) is 17.3. The molecule has 1 aromatic rings. The van der Waals surface area contributed by atoms with Gasteiger partial charge in [-0.1, -0.05) is 13.8 Å². The summed E-state index contributed by atoms with van der Waals surface area (Å²) in [5, 5.41) is 3.28. The van der Waals surface area contributed by atoms with E-state index in [1.165, 1.54) is 20.5 Å². The summed E-state index contributed by atoms with van der Waals surface area (Å²) >= 11 is 6.31. The fraction of sp³-hybridized carbons (Fsp3) is 0.538. The average Bonchev–Trinajstić information content (AvgIpc) is 3.02. The van der Waals surface area contributed by atoms with Crippen LogP contribution < -0.4 is 5.32 Å². The van der Waals surface area contributed by atoms with Gasteiger partial charge in [-0.15, -0.1) is 11.3 Å². The quantitative estimate of drug-likeness (QED) is 0.776. The Balaban J connectivity index is 2.19. The molecule has 2 rings (SSSR count). The molecule has 122 valence electrons. The number of amides is 1. The molecule has 1 fully saturated rings. The fourth-order valence-electron chi connectivity index (χ4n) is 2.24. The molecule has 9 heteroatoms. The number of nitrogens with zero attached hydrogens (tertiary/aromatic N) is 2. The smallest absolute Gasteiger partial charge is 0.252 e. The van der Waals surface area contributed by atoms with Crippen LogP contribution in [0, 0.1) is 0 Å². The third-order valence-corrected chi connectivity index (χ3v) is 7.40. The predicted molar refractivity (Wildman–Crippen MR) is 90.2 cm³/mol. The Labute approximate surface area is 140 Å². The summed E-state index contributed by atoms with van der Waals surface area (Å²) in [4.78, 5) is 14.2. The number of nitrogens with one attached hydrogen (secondary N) is 1. The zero-order valence-electron chi connectivity index (χ0n) is 12.7. The van der Waals surface area contributed by atoms with Crippen LogP contribution in [0.4, 0.5) is 0 Å². The second kappa shape index (κ2) is 6.61. The summed E-state index contributed by atoms with van der Waals surface area (Å²) in [6.45, 7) is 6.53. The molecule has 6 nitrogen and oxygen atoms in total. The van der Waals surface area contributed by atoms with Crippen LogP contribution in [0.5, 0.6) is 0 Å². The SMILES string of the molecule is CCN(CC)S(=O)(=O)c1ccc(CN2C(=O)C(C)NC2=S)s1. The van der Waals surface area contributed by atoms with Gasteiger partial charge >= 0.3 is 0 Å². The summed E-state index contributed by atoms with van der Waals surface area (Å²) in [5.41, 5.74) is 0. The van der Waals surface area contributed by atoms with Crippen LogP contribution in [-0.4, -0.2) is 47.8 Å². The number of sulfonamides is 1. The van der Waals surface area contributed by atoms with E-state index in [1.807, 2.05) is 13.8 Å². The van der Waals surface area contributed by atoms with Crippen molar-refractivity contribution >= 4 is 44.6 Å². The molecule has 1 unspecified atom stereocenters. The minimum atomic E-state index is -3.45. The molecule has 1 atom stereocenters. The average molecular weight is 362 g/mol. The highest BCUT2D eigenvalue weighted by Gasteiger charge is 2.32. The molecular weight excluding hydrogens is 342 g/mol. The summed E-state index contributed by atoms with van der Waals surface area (Å²) < 4.78 is 26.6. The van der Waals surface area contributed by atoms with Gasteiger partial charge in [-0.3, -0.25) is 9.69 Å². The van der Waals surface area contributed by atoms with Crippen LogP contribution >= 0.6 is 23.6 Å². The Kier molecular flexibility index (Phi) is 5.21. The van der Waals surface area contributed by atoms with E-state index >= 15 is 0 Å². The fourth-order valence-corrected chi connectivity index (χ4v) is 5.53. The van der Waals surface area contributed by atoms with E-state index in [4.69, 9.17) is 12.2 Å². The third-order valence-electron chi connectivity index (χ3n) is 3.47. The van der Waals surface area contributed by atoms with Gasteiger partial charge in [-0.05, 0) is 31.3 Å². The number of rotatable bonds is 6. The highest BCUT2D eigenvalue weighted by molar-refractivity contribution is 7.91. The van der Waals surface area contributed by atoms with Crippen LogP contribution in [-0.2, 0) is 21.4 Å². The summed E-state index contributed by atoms with van der Waals surface area (Å²) in [6.07, 6.45) is 0. The maximum absolute atomic E-state index is 12.4. The molecule has 0 bridgehead atoms. The molecule has 2 heterocycles. The van der Waals surface area contributed by atoms with E-state index in [9.17, 15) is 13.2 Å². The summed E-state index contributed by atoms with van der Waals surface area (Å²) in [7, 11) is -3.45. The van der Waals surface area contributed by atoms with E-state index in [1.54, 1.807) is 19.1 Å². The van der Waals surface area contributed by atoms with E-state index < -0.39 is 10.0 Å². The molecule has 0 radical (unpaired) electrons. The minimum Gasteiger partial charge on any atom is -0.351 e. The molecule has 0 spiro atoms. The molecular formula is C13H19N3O3S3. The molecule has 0 aromatic carbocycles. The van der Waals surface area contributed by atoms with Crippen LogP contribution in [0.1, 0.15) is 25.6 Å². The Morgan fingerprint density at radius 1 is 1.36 bits per heavy atom. The number of carbonyl (C=O) groups excluding carboxylic acids is 1. The van der Waals surface area contributed by atoms with Gasteiger partial charge < -0.3 is 5.32 Å². The first-order chi connectivity index (χ1) is 10.3. The lowest BCUT2D eigenvalue weighted by atomic mass is 10.3. The predicted octanol–water partition coefficient (Wildman–Crippen LogP) is 1.38. The van der Waals surface area contributed by atoms with Crippen LogP contribution in [0.15, 0.2) is 16.3 Å². The van der Waals surface area contributed by atoms with Crippen molar-refractivity contribution in [3.05, 3.63) is 17.0 Å².